The van der Waals surface area contributed by atoms with Gasteiger partial charge in [0, 0.05) is 11.1 Å². The van der Waals surface area contributed by atoms with Crippen LogP contribution in [0.4, 0.5) is 13.2 Å². The van der Waals surface area contributed by atoms with Crippen molar-refractivity contribution in [2.24, 2.45) is 0 Å². The maximum atomic E-state index is 12.8. The number of amides is 1. The Kier molecular flexibility index (Phi) is 4.98. The number of hydrogen-bond donors (Lipinski definition) is 1. The van der Waals surface area contributed by atoms with E-state index in [1.165, 1.54) is 6.07 Å². The van der Waals surface area contributed by atoms with Crippen molar-refractivity contribution >= 4 is 5.91 Å². The van der Waals surface area contributed by atoms with Gasteiger partial charge in [-0.05, 0) is 55.8 Å². The number of carbonyl (C=O) groups excluding carboxylic acids is 1. The van der Waals surface area contributed by atoms with Crippen LogP contribution in [0.5, 0.6) is 0 Å². The Morgan fingerprint density at radius 1 is 1.15 bits per heavy atom. The van der Waals surface area contributed by atoms with E-state index in [9.17, 15) is 18.0 Å². The van der Waals surface area contributed by atoms with Crippen molar-refractivity contribution in [3.63, 3.8) is 0 Å². The molecule has 2 aromatic carbocycles. The molecule has 1 aromatic heterocycles. The molecule has 1 amide bonds. The first-order valence-corrected chi connectivity index (χ1v) is 8.13. The molecule has 140 valence electrons. The normalized spacial score (nSPS) is 12.6. The second kappa shape index (κ2) is 7.22. The molecule has 0 spiro atoms. The standard InChI is InChI=1S/C19H16F3N3O2/c1-11(15-4-3-5-16(10-15)19(20,21)22)23-17(26)13-6-8-14(9-7-13)18-24-12(2)25-27-18/h3-11H,1-2H3,(H,23,26). The zero-order chi connectivity index (χ0) is 19.6. The third kappa shape index (κ3) is 4.33. The van der Waals surface area contributed by atoms with E-state index < -0.39 is 23.7 Å². The Balaban J connectivity index is 1.71. The third-order valence-electron chi connectivity index (χ3n) is 3.98. The highest BCUT2D eigenvalue weighted by molar-refractivity contribution is 5.94. The van der Waals surface area contributed by atoms with Gasteiger partial charge < -0.3 is 9.84 Å². The third-order valence-corrected chi connectivity index (χ3v) is 3.98. The Bertz CT molecular complexity index is 949. The monoisotopic (exact) mass is 375 g/mol. The zero-order valence-corrected chi connectivity index (χ0v) is 14.5. The number of alkyl halides is 3. The number of benzene rings is 2. The summed E-state index contributed by atoms with van der Waals surface area (Å²) < 4.78 is 43.6. The van der Waals surface area contributed by atoms with E-state index in [1.54, 1.807) is 44.2 Å². The van der Waals surface area contributed by atoms with Gasteiger partial charge in [-0.15, -0.1) is 0 Å². The van der Waals surface area contributed by atoms with Gasteiger partial charge in [0.15, 0.2) is 5.82 Å². The molecule has 0 fully saturated rings. The Morgan fingerprint density at radius 3 is 2.44 bits per heavy atom. The van der Waals surface area contributed by atoms with Crippen LogP contribution in [0.2, 0.25) is 0 Å². The SMILES string of the molecule is Cc1noc(-c2ccc(C(=O)NC(C)c3cccc(C(F)(F)F)c3)cc2)n1. The molecule has 1 unspecified atom stereocenters. The molecular formula is C19H16F3N3O2. The Morgan fingerprint density at radius 2 is 1.85 bits per heavy atom. The summed E-state index contributed by atoms with van der Waals surface area (Å²) in [7, 11) is 0. The second-order valence-corrected chi connectivity index (χ2v) is 6.04. The van der Waals surface area contributed by atoms with Gasteiger partial charge in [0.25, 0.3) is 11.8 Å². The molecule has 0 radical (unpaired) electrons. The van der Waals surface area contributed by atoms with Gasteiger partial charge in [-0.2, -0.15) is 18.2 Å². The lowest BCUT2D eigenvalue weighted by atomic mass is 10.0. The summed E-state index contributed by atoms with van der Waals surface area (Å²) in [6.07, 6.45) is -4.43. The Labute approximate surface area is 153 Å². The van der Waals surface area contributed by atoms with Crippen LogP contribution in [0.25, 0.3) is 11.5 Å². The first-order chi connectivity index (χ1) is 12.7. The van der Waals surface area contributed by atoms with Crippen molar-refractivity contribution in [1.82, 2.24) is 15.5 Å². The molecule has 27 heavy (non-hydrogen) atoms. The van der Waals surface area contributed by atoms with Gasteiger partial charge in [-0.3, -0.25) is 4.79 Å². The highest BCUT2D eigenvalue weighted by atomic mass is 19.4. The smallest absolute Gasteiger partial charge is 0.346 e. The van der Waals surface area contributed by atoms with Gasteiger partial charge in [-0.25, -0.2) is 0 Å². The van der Waals surface area contributed by atoms with Crippen LogP contribution in [-0.4, -0.2) is 16.0 Å². The van der Waals surface area contributed by atoms with Crippen LogP contribution in [0.15, 0.2) is 53.1 Å². The van der Waals surface area contributed by atoms with Gasteiger partial charge >= 0.3 is 6.18 Å². The predicted octanol–water partition coefficient (Wildman–Crippen LogP) is 4.55. The van der Waals surface area contributed by atoms with Crippen LogP contribution < -0.4 is 5.32 Å². The van der Waals surface area contributed by atoms with Gasteiger partial charge in [-0.1, -0.05) is 17.3 Å². The van der Waals surface area contributed by atoms with Gasteiger partial charge in [0.2, 0.25) is 0 Å². The van der Waals surface area contributed by atoms with E-state index in [4.69, 9.17) is 4.52 Å². The summed E-state index contributed by atoms with van der Waals surface area (Å²) in [5.41, 5.74) is 0.656. The molecular weight excluding hydrogens is 359 g/mol. The fourth-order valence-electron chi connectivity index (χ4n) is 2.53. The number of carbonyl (C=O) groups is 1. The van der Waals surface area contributed by atoms with Crippen molar-refractivity contribution < 1.29 is 22.5 Å². The largest absolute Gasteiger partial charge is 0.416 e. The van der Waals surface area contributed by atoms with Crippen molar-refractivity contribution in [1.29, 1.82) is 0 Å². The number of rotatable bonds is 4. The summed E-state index contributed by atoms with van der Waals surface area (Å²) in [4.78, 5) is 16.5. The topological polar surface area (TPSA) is 68.0 Å². The number of aromatic nitrogens is 2. The Hall–Kier alpha value is -3.16. The quantitative estimate of drug-likeness (QED) is 0.726. The van der Waals surface area contributed by atoms with E-state index in [0.29, 0.717) is 28.4 Å². The molecule has 8 heteroatoms. The molecule has 0 bridgehead atoms. The lowest BCUT2D eigenvalue weighted by molar-refractivity contribution is -0.137. The molecule has 0 aliphatic carbocycles. The van der Waals surface area contributed by atoms with Crippen LogP contribution in [-0.2, 0) is 6.18 Å². The molecule has 1 N–H and O–H groups in total. The van der Waals surface area contributed by atoms with Crippen LogP contribution >= 0.6 is 0 Å². The fraction of sp³-hybridized carbons (Fsp3) is 0.211. The van der Waals surface area contributed by atoms with Crippen molar-refractivity contribution in [2.75, 3.05) is 0 Å². The maximum absolute atomic E-state index is 12.8. The van der Waals surface area contributed by atoms with Crippen molar-refractivity contribution in [3.8, 4) is 11.5 Å². The average molecular weight is 375 g/mol. The lowest BCUT2D eigenvalue weighted by Gasteiger charge is -2.16. The first kappa shape index (κ1) is 18.6. The highest BCUT2D eigenvalue weighted by Crippen LogP contribution is 2.30. The number of halogens is 3. The van der Waals surface area contributed by atoms with E-state index in [1.807, 2.05) is 0 Å². The number of aryl methyl sites for hydroxylation is 1. The minimum atomic E-state index is -4.43. The molecule has 5 nitrogen and oxygen atoms in total. The summed E-state index contributed by atoms with van der Waals surface area (Å²) in [5.74, 6) is 0.451. The van der Waals surface area contributed by atoms with Crippen LogP contribution in [0, 0.1) is 6.92 Å². The van der Waals surface area contributed by atoms with Gasteiger partial charge in [0.1, 0.15) is 0 Å². The molecule has 0 aliphatic heterocycles. The van der Waals surface area contributed by atoms with Crippen LogP contribution in [0.1, 0.15) is 40.3 Å². The molecule has 1 heterocycles. The molecule has 0 saturated carbocycles. The van der Waals surface area contributed by atoms with Crippen molar-refractivity contribution in [2.45, 2.75) is 26.1 Å². The minimum absolute atomic E-state index is 0.344. The van der Waals surface area contributed by atoms with E-state index >= 15 is 0 Å². The summed E-state index contributed by atoms with van der Waals surface area (Å²) in [6.45, 7) is 3.33. The zero-order valence-electron chi connectivity index (χ0n) is 14.5. The first-order valence-electron chi connectivity index (χ1n) is 8.13. The summed E-state index contributed by atoms with van der Waals surface area (Å²) in [5, 5.41) is 6.40. The number of nitrogens with zero attached hydrogens (tertiary/aromatic N) is 2. The molecule has 1 atom stereocenters. The molecule has 3 aromatic rings. The molecule has 3 rings (SSSR count). The second-order valence-electron chi connectivity index (χ2n) is 6.04. The van der Waals surface area contributed by atoms with Crippen LogP contribution in [0.3, 0.4) is 0 Å². The van der Waals surface area contributed by atoms with E-state index in [0.717, 1.165) is 12.1 Å². The fourth-order valence-corrected chi connectivity index (χ4v) is 2.53. The molecule has 0 saturated heterocycles. The summed E-state index contributed by atoms with van der Waals surface area (Å²) >= 11 is 0. The lowest BCUT2D eigenvalue weighted by Crippen LogP contribution is -2.26. The number of hydrogen-bond acceptors (Lipinski definition) is 4. The highest BCUT2D eigenvalue weighted by Gasteiger charge is 2.30. The summed E-state index contributed by atoms with van der Waals surface area (Å²) in [6, 6.07) is 10.8. The number of nitrogens with one attached hydrogen (secondary N) is 1. The van der Waals surface area contributed by atoms with Gasteiger partial charge in [0.05, 0.1) is 11.6 Å². The molecule has 0 aliphatic rings. The van der Waals surface area contributed by atoms with E-state index in [-0.39, 0.29) is 0 Å². The van der Waals surface area contributed by atoms with Crippen molar-refractivity contribution in [3.05, 3.63) is 71.0 Å². The average Bonchev–Trinajstić information content (AvgIpc) is 3.07. The minimum Gasteiger partial charge on any atom is -0.346 e. The predicted molar refractivity (Wildman–Crippen MR) is 91.8 cm³/mol. The van der Waals surface area contributed by atoms with E-state index in [2.05, 4.69) is 15.5 Å². The maximum Gasteiger partial charge on any atom is 0.416 e.